The van der Waals surface area contributed by atoms with Gasteiger partial charge in [-0.3, -0.25) is 4.79 Å². The van der Waals surface area contributed by atoms with Crippen molar-refractivity contribution in [2.24, 2.45) is 17.6 Å². The molecule has 3 N–H and O–H groups in total. The van der Waals surface area contributed by atoms with Gasteiger partial charge in [0.1, 0.15) is 0 Å². The van der Waals surface area contributed by atoms with Crippen LogP contribution in [0.3, 0.4) is 0 Å². The minimum Gasteiger partial charge on any atom is -0.465 e. The van der Waals surface area contributed by atoms with Crippen molar-refractivity contribution in [2.75, 3.05) is 19.0 Å². The van der Waals surface area contributed by atoms with Crippen LogP contribution < -0.4 is 11.1 Å². The lowest BCUT2D eigenvalue weighted by molar-refractivity contribution is -0.120. The zero-order chi connectivity index (χ0) is 16.2. The highest BCUT2D eigenvalue weighted by Crippen LogP contribution is 2.32. The smallest absolute Gasteiger partial charge is 0.340 e. The Labute approximate surface area is 140 Å². The molecule has 0 saturated carbocycles. The van der Waals surface area contributed by atoms with Gasteiger partial charge in [-0.25, -0.2) is 4.79 Å². The van der Waals surface area contributed by atoms with Crippen molar-refractivity contribution < 1.29 is 14.3 Å². The van der Waals surface area contributed by atoms with Gasteiger partial charge in [-0.2, -0.15) is 0 Å². The number of anilines is 1. The van der Waals surface area contributed by atoms with Crippen LogP contribution in [0.4, 0.5) is 5.69 Å². The van der Waals surface area contributed by atoms with Crippen LogP contribution in [-0.2, 0) is 9.53 Å². The Morgan fingerprint density at radius 1 is 1.33 bits per heavy atom. The second-order valence-corrected chi connectivity index (χ2v) is 6.65. The number of hydrogen-bond donors (Lipinski definition) is 2. The van der Waals surface area contributed by atoms with Crippen molar-refractivity contribution in [3.8, 4) is 0 Å². The molecule has 1 unspecified atom stereocenters. The molecule has 0 spiro atoms. The third-order valence-electron chi connectivity index (χ3n) is 3.10. The van der Waals surface area contributed by atoms with Crippen LogP contribution in [0.25, 0.3) is 0 Å². The highest BCUT2D eigenvalue weighted by atomic mass is 79.9. The van der Waals surface area contributed by atoms with Crippen LogP contribution in [-0.4, -0.2) is 25.5 Å². The lowest BCUT2D eigenvalue weighted by Gasteiger charge is -2.20. The molecule has 0 bridgehead atoms. The molecule has 116 valence electrons. The molecule has 1 amide bonds. The third kappa shape index (κ3) is 4.52. The summed E-state index contributed by atoms with van der Waals surface area (Å²) in [7, 11) is 1.29. The summed E-state index contributed by atoms with van der Waals surface area (Å²) >= 11 is 6.65. The standard InChI is InChI=1S/C14H18Br2N2O3/c1-7(2)10(6-17)13(19)18-12-9(14(20)21-3)4-8(15)5-11(12)16/h4-5,7,10H,6,17H2,1-3H3,(H,18,19). The van der Waals surface area contributed by atoms with E-state index in [4.69, 9.17) is 10.5 Å². The second-order valence-electron chi connectivity index (χ2n) is 4.88. The molecule has 1 rings (SSSR count). The number of amides is 1. The zero-order valence-electron chi connectivity index (χ0n) is 12.1. The molecule has 0 aromatic heterocycles. The minimum absolute atomic E-state index is 0.103. The molecule has 1 aromatic rings. The summed E-state index contributed by atoms with van der Waals surface area (Å²) in [5, 5.41) is 2.77. The van der Waals surface area contributed by atoms with Gasteiger partial charge < -0.3 is 15.8 Å². The van der Waals surface area contributed by atoms with Gasteiger partial charge in [0.05, 0.1) is 24.3 Å². The average Bonchev–Trinajstić information content (AvgIpc) is 2.40. The van der Waals surface area contributed by atoms with Crippen molar-refractivity contribution in [3.63, 3.8) is 0 Å². The normalized spacial score (nSPS) is 12.1. The maximum atomic E-state index is 12.3. The van der Waals surface area contributed by atoms with Crippen LogP contribution in [0.5, 0.6) is 0 Å². The first-order valence-electron chi connectivity index (χ1n) is 6.40. The fourth-order valence-electron chi connectivity index (χ4n) is 1.87. The summed E-state index contributed by atoms with van der Waals surface area (Å²) in [6.07, 6.45) is 0. The lowest BCUT2D eigenvalue weighted by atomic mass is 9.95. The number of nitrogens with one attached hydrogen (secondary N) is 1. The van der Waals surface area contributed by atoms with E-state index in [1.165, 1.54) is 7.11 Å². The highest BCUT2D eigenvalue weighted by Gasteiger charge is 2.24. The summed E-state index contributed by atoms with van der Waals surface area (Å²) in [5.41, 5.74) is 6.30. The number of nitrogens with two attached hydrogens (primary N) is 1. The van der Waals surface area contributed by atoms with E-state index in [1.54, 1.807) is 12.1 Å². The van der Waals surface area contributed by atoms with Gasteiger partial charge in [-0.15, -0.1) is 0 Å². The summed E-state index contributed by atoms with van der Waals surface area (Å²) < 4.78 is 6.04. The largest absolute Gasteiger partial charge is 0.465 e. The molecule has 0 aliphatic carbocycles. The van der Waals surface area contributed by atoms with Crippen LogP contribution in [0, 0.1) is 11.8 Å². The van der Waals surface area contributed by atoms with E-state index >= 15 is 0 Å². The predicted molar refractivity (Wildman–Crippen MR) is 89.2 cm³/mol. The summed E-state index contributed by atoms with van der Waals surface area (Å²) in [6, 6.07) is 3.34. The Hall–Kier alpha value is -0.920. The van der Waals surface area contributed by atoms with E-state index in [0.29, 0.717) is 14.6 Å². The Morgan fingerprint density at radius 3 is 2.43 bits per heavy atom. The first-order valence-corrected chi connectivity index (χ1v) is 7.98. The van der Waals surface area contributed by atoms with Crippen LogP contribution >= 0.6 is 31.9 Å². The number of hydrogen-bond acceptors (Lipinski definition) is 4. The first kappa shape index (κ1) is 18.1. The SMILES string of the molecule is COC(=O)c1cc(Br)cc(Br)c1NC(=O)C(CN)C(C)C. The van der Waals surface area contributed by atoms with E-state index in [-0.39, 0.29) is 29.9 Å². The van der Waals surface area contributed by atoms with Gasteiger partial charge in [0.25, 0.3) is 0 Å². The van der Waals surface area contributed by atoms with Gasteiger partial charge in [-0.05, 0) is 34.0 Å². The van der Waals surface area contributed by atoms with E-state index in [1.807, 2.05) is 13.8 Å². The van der Waals surface area contributed by atoms with E-state index in [9.17, 15) is 9.59 Å². The van der Waals surface area contributed by atoms with Gasteiger partial charge in [0.15, 0.2) is 0 Å². The van der Waals surface area contributed by atoms with Crippen molar-refractivity contribution >= 4 is 49.4 Å². The number of rotatable bonds is 5. The number of benzene rings is 1. The van der Waals surface area contributed by atoms with E-state index in [2.05, 4.69) is 37.2 Å². The third-order valence-corrected chi connectivity index (χ3v) is 4.19. The molecule has 0 aliphatic heterocycles. The molecular formula is C14H18Br2N2O3. The molecule has 0 radical (unpaired) electrons. The number of halogens is 2. The maximum absolute atomic E-state index is 12.3. The highest BCUT2D eigenvalue weighted by molar-refractivity contribution is 9.11. The number of ether oxygens (including phenoxy) is 1. The summed E-state index contributed by atoms with van der Waals surface area (Å²) in [4.78, 5) is 24.2. The molecule has 1 atom stereocenters. The average molecular weight is 422 g/mol. The Morgan fingerprint density at radius 2 is 1.95 bits per heavy atom. The van der Waals surface area contributed by atoms with Crippen molar-refractivity contribution in [3.05, 3.63) is 26.6 Å². The maximum Gasteiger partial charge on any atom is 0.340 e. The molecule has 0 aliphatic rings. The number of carbonyl (C=O) groups excluding carboxylic acids is 2. The minimum atomic E-state index is -0.527. The topological polar surface area (TPSA) is 81.4 Å². The molecule has 0 fully saturated rings. The van der Waals surface area contributed by atoms with Crippen LogP contribution in [0.15, 0.2) is 21.1 Å². The summed E-state index contributed by atoms with van der Waals surface area (Å²) in [6.45, 7) is 4.09. The molecule has 0 heterocycles. The Kier molecular flexibility index (Phi) is 6.83. The first-order chi connectivity index (χ1) is 9.81. The molecule has 1 aromatic carbocycles. The van der Waals surface area contributed by atoms with Crippen molar-refractivity contribution in [2.45, 2.75) is 13.8 Å². The zero-order valence-corrected chi connectivity index (χ0v) is 15.2. The predicted octanol–water partition coefficient (Wildman–Crippen LogP) is 3.17. The number of esters is 1. The monoisotopic (exact) mass is 420 g/mol. The molecule has 7 heteroatoms. The molecular weight excluding hydrogens is 404 g/mol. The van der Waals surface area contributed by atoms with Crippen LogP contribution in [0.2, 0.25) is 0 Å². The molecule has 21 heavy (non-hydrogen) atoms. The lowest BCUT2D eigenvalue weighted by Crippen LogP contribution is -2.33. The number of carbonyl (C=O) groups is 2. The van der Waals surface area contributed by atoms with Gasteiger partial charge in [-0.1, -0.05) is 29.8 Å². The number of methoxy groups -OCH3 is 1. The van der Waals surface area contributed by atoms with Gasteiger partial charge in [0.2, 0.25) is 5.91 Å². The van der Waals surface area contributed by atoms with Crippen LogP contribution in [0.1, 0.15) is 24.2 Å². The Balaban J connectivity index is 3.18. The quantitative estimate of drug-likeness (QED) is 0.715. The Bertz CT molecular complexity index is 547. The van der Waals surface area contributed by atoms with Crippen molar-refractivity contribution in [1.29, 1.82) is 0 Å². The molecule has 0 saturated heterocycles. The second kappa shape index (κ2) is 7.91. The fourth-order valence-corrected chi connectivity index (χ4v) is 3.19. The van der Waals surface area contributed by atoms with Gasteiger partial charge in [0, 0.05) is 15.5 Å². The molecule has 5 nitrogen and oxygen atoms in total. The van der Waals surface area contributed by atoms with Gasteiger partial charge >= 0.3 is 5.97 Å². The van der Waals surface area contributed by atoms with E-state index in [0.717, 1.165) is 0 Å². The summed E-state index contributed by atoms with van der Waals surface area (Å²) in [5.74, 6) is -0.973. The van der Waals surface area contributed by atoms with E-state index < -0.39 is 5.97 Å². The van der Waals surface area contributed by atoms with Crippen molar-refractivity contribution in [1.82, 2.24) is 0 Å². The fraction of sp³-hybridized carbons (Fsp3) is 0.429.